The molecule has 3 heteroatoms. The summed E-state index contributed by atoms with van der Waals surface area (Å²) in [7, 11) is 0. The first kappa shape index (κ1) is 14.5. The van der Waals surface area contributed by atoms with Crippen molar-refractivity contribution in [2.24, 2.45) is 5.84 Å². The predicted molar refractivity (Wildman–Crippen MR) is 88.8 cm³/mol. The summed E-state index contributed by atoms with van der Waals surface area (Å²) in [4.78, 5) is 0. The number of nitrogens with one attached hydrogen (secondary N) is 1. The van der Waals surface area contributed by atoms with Crippen LogP contribution in [-0.2, 0) is 6.42 Å². The van der Waals surface area contributed by atoms with E-state index in [2.05, 4.69) is 83.5 Å². The quantitative estimate of drug-likeness (QED) is 0.480. The number of nitrogens with two attached hydrogens (primary N) is 1. The van der Waals surface area contributed by atoms with Crippen molar-refractivity contribution in [2.45, 2.75) is 25.8 Å². The van der Waals surface area contributed by atoms with Crippen molar-refractivity contribution in [1.29, 1.82) is 0 Å². The highest BCUT2D eigenvalue weighted by Crippen LogP contribution is 2.23. The monoisotopic (exact) mass is 366 g/mol. The minimum atomic E-state index is 0.0498. The van der Waals surface area contributed by atoms with E-state index in [1.165, 1.54) is 20.3 Å². The van der Waals surface area contributed by atoms with Gasteiger partial charge < -0.3 is 0 Å². The number of hydrogen-bond donors (Lipinski definition) is 2. The van der Waals surface area contributed by atoms with Crippen molar-refractivity contribution in [3.8, 4) is 0 Å². The largest absolute Gasteiger partial charge is 0.271 e. The second-order valence-corrected chi connectivity index (χ2v) is 5.89. The molecule has 100 valence electrons. The first-order valence-electron chi connectivity index (χ1n) is 6.55. The SMILES string of the molecule is CCCc1cccc(C(NN)c2ccc(I)cc2)c1. The molecule has 0 aliphatic rings. The van der Waals surface area contributed by atoms with E-state index in [-0.39, 0.29) is 6.04 Å². The van der Waals surface area contributed by atoms with Crippen LogP contribution in [0.5, 0.6) is 0 Å². The van der Waals surface area contributed by atoms with Crippen molar-refractivity contribution in [1.82, 2.24) is 5.43 Å². The molecule has 0 saturated carbocycles. The summed E-state index contributed by atoms with van der Waals surface area (Å²) in [6.07, 6.45) is 2.27. The van der Waals surface area contributed by atoms with E-state index in [1.54, 1.807) is 0 Å². The molecule has 3 N–H and O–H groups in total. The van der Waals surface area contributed by atoms with Gasteiger partial charge >= 0.3 is 0 Å². The Morgan fingerprint density at radius 3 is 2.47 bits per heavy atom. The Morgan fingerprint density at radius 1 is 1.11 bits per heavy atom. The van der Waals surface area contributed by atoms with Crippen molar-refractivity contribution in [2.75, 3.05) is 0 Å². The average molecular weight is 366 g/mol. The molecule has 1 atom stereocenters. The van der Waals surface area contributed by atoms with Crippen LogP contribution in [0, 0.1) is 3.57 Å². The summed E-state index contributed by atoms with van der Waals surface area (Å²) in [6.45, 7) is 2.20. The normalized spacial score (nSPS) is 12.4. The van der Waals surface area contributed by atoms with E-state index in [0.717, 1.165) is 12.8 Å². The molecule has 0 bridgehead atoms. The maximum absolute atomic E-state index is 5.75. The summed E-state index contributed by atoms with van der Waals surface area (Å²) in [5.41, 5.74) is 6.70. The standard InChI is InChI=1S/C16H19IN2/c1-2-4-12-5-3-6-14(11-12)16(19-18)13-7-9-15(17)10-8-13/h3,5-11,16,19H,2,4,18H2,1H3. The Labute approximate surface area is 128 Å². The fourth-order valence-corrected chi connectivity index (χ4v) is 2.62. The van der Waals surface area contributed by atoms with Crippen molar-refractivity contribution in [3.05, 3.63) is 68.8 Å². The molecular weight excluding hydrogens is 347 g/mol. The van der Waals surface area contributed by atoms with Crippen LogP contribution in [0.3, 0.4) is 0 Å². The topological polar surface area (TPSA) is 38.0 Å². The maximum Gasteiger partial charge on any atom is 0.0710 e. The predicted octanol–water partition coefficient (Wildman–Crippen LogP) is 3.80. The number of hydrogen-bond acceptors (Lipinski definition) is 2. The highest BCUT2D eigenvalue weighted by Gasteiger charge is 2.12. The third kappa shape index (κ3) is 3.78. The van der Waals surface area contributed by atoms with E-state index in [1.807, 2.05) is 0 Å². The van der Waals surface area contributed by atoms with Gasteiger partial charge in [-0.25, -0.2) is 5.43 Å². The Kier molecular flexibility index (Phi) is 5.36. The van der Waals surface area contributed by atoms with Crippen molar-refractivity contribution in [3.63, 3.8) is 0 Å². The molecule has 0 radical (unpaired) electrons. The zero-order chi connectivity index (χ0) is 13.7. The maximum atomic E-state index is 5.75. The lowest BCUT2D eigenvalue weighted by Crippen LogP contribution is -2.28. The van der Waals surface area contributed by atoms with Gasteiger partial charge in [0, 0.05) is 3.57 Å². The average Bonchev–Trinajstić information content (AvgIpc) is 2.43. The van der Waals surface area contributed by atoms with Gasteiger partial charge in [0.1, 0.15) is 0 Å². The third-order valence-corrected chi connectivity index (χ3v) is 3.91. The minimum Gasteiger partial charge on any atom is -0.271 e. The molecule has 19 heavy (non-hydrogen) atoms. The fraction of sp³-hybridized carbons (Fsp3) is 0.250. The van der Waals surface area contributed by atoms with E-state index in [0.29, 0.717) is 0 Å². The number of benzene rings is 2. The van der Waals surface area contributed by atoms with Crippen LogP contribution in [0.25, 0.3) is 0 Å². The Morgan fingerprint density at radius 2 is 1.84 bits per heavy atom. The van der Waals surface area contributed by atoms with Crippen LogP contribution in [0.15, 0.2) is 48.5 Å². The number of rotatable bonds is 5. The summed E-state index contributed by atoms with van der Waals surface area (Å²) in [6, 6.07) is 17.2. The molecule has 2 nitrogen and oxygen atoms in total. The molecule has 0 amide bonds. The van der Waals surface area contributed by atoms with Crippen molar-refractivity contribution < 1.29 is 0 Å². The fourth-order valence-electron chi connectivity index (χ4n) is 2.26. The van der Waals surface area contributed by atoms with E-state index < -0.39 is 0 Å². The Bertz CT molecular complexity index is 523. The minimum absolute atomic E-state index is 0.0498. The second-order valence-electron chi connectivity index (χ2n) is 4.65. The van der Waals surface area contributed by atoms with Gasteiger partial charge in [-0.15, -0.1) is 0 Å². The summed E-state index contributed by atoms with van der Waals surface area (Å²) in [5, 5.41) is 0. The van der Waals surface area contributed by atoms with Crippen LogP contribution in [0.1, 0.15) is 36.1 Å². The molecule has 0 aliphatic heterocycles. The van der Waals surface area contributed by atoms with Crippen LogP contribution < -0.4 is 11.3 Å². The first-order chi connectivity index (χ1) is 9.24. The van der Waals surface area contributed by atoms with Gasteiger partial charge in [0.05, 0.1) is 6.04 Å². The van der Waals surface area contributed by atoms with Crippen LogP contribution in [0.4, 0.5) is 0 Å². The van der Waals surface area contributed by atoms with Gasteiger partial charge in [0.15, 0.2) is 0 Å². The molecule has 0 fully saturated rings. The smallest absolute Gasteiger partial charge is 0.0710 e. The molecule has 0 heterocycles. The van der Waals surface area contributed by atoms with Crippen LogP contribution in [0.2, 0.25) is 0 Å². The van der Waals surface area contributed by atoms with Gasteiger partial charge in [-0.05, 0) is 57.8 Å². The van der Waals surface area contributed by atoms with Gasteiger partial charge in [-0.1, -0.05) is 49.7 Å². The van der Waals surface area contributed by atoms with Crippen LogP contribution in [-0.4, -0.2) is 0 Å². The van der Waals surface area contributed by atoms with Gasteiger partial charge in [0.25, 0.3) is 0 Å². The van der Waals surface area contributed by atoms with Gasteiger partial charge in [-0.3, -0.25) is 5.84 Å². The molecule has 0 aromatic heterocycles. The molecule has 0 aliphatic carbocycles. The lowest BCUT2D eigenvalue weighted by molar-refractivity contribution is 0.636. The lowest BCUT2D eigenvalue weighted by atomic mass is 9.97. The van der Waals surface area contributed by atoms with Crippen LogP contribution >= 0.6 is 22.6 Å². The third-order valence-electron chi connectivity index (χ3n) is 3.19. The number of halogens is 1. The molecule has 0 spiro atoms. The molecule has 1 unspecified atom stereocenters. The molecule has 2 aromatic rings. The van der Waals surface area contributed by atoms with Gasteiger partial charge in [-0.2, -0.15) is 0 Å². The molecule has 2 rings (SSSR count). The van der Waals surface area contributed by atoms with Crippen molar-refractivity contribution >= 4 is 22.6 Å². The second kappa shape index (κ2) is 7.03. The molecule has 2 aromatic carbocycles. The van der Waals surface area contributed by atoms with E-state index >= 15 is 0 Å². The summed E-state index contributed by atoms with van der Waals surface area (Å²) in [5.74, 6) is 5.75. The zero-order valence-corrected chi connectivity index (χ0v) is 13.2. The molecular formula is C16H19IN2. The van der Waals surface area contributed by atoms with Gasteiger partial charge in [0.2, 0.25) is 0 Å². The number of hydrazine groups is 1. The van der Waals surface area contributed by atoms with E-state index in [9.17, 15) is 0 Å². The highest BCUT2D eigenvalue weighted by molar-refractivity contribution is 14.1. The Balaban J connectivity index is 2.30. The summed E-state index contributed by atoms with van der Waals surface area (Å²) >= 11 is 2.31. The zero-order valence-electron chi connectivity index (χ0n) is 11.1. The first-order valence-corrected chi connectivity index (χ1v) is 7.63. The summed E-state index contributed by atoms with van der Waals surface area (Å²) < 4.78 is 1.23. The highest BCUT2D eigenvalue weighted by atomic mass is 127. The number of aryl methyl sites for hydroxylation is 1. The molecule has 0 saturated heterocycles. The van der Waals surface area contributed by atoms with E-state index in [4.69, 9.17) is 5.84 Å². The Hall–Kier alpha value is -0.910. The lowest BCUT2D eigenvalue weighted by Gasteiger charge is -2.18.